The highest BCUT2D eigenvalue weighted by Gasteiger charge is 2.15. The van der Waals surface area contributed by atoms with Crippen LogP contribution in [0.1, 0.15) is 25.7 Å². The maximum Gasteiger partial charge on any atom is 0.0448 e. The minimum atomic E-state index is 0.609. The van der Waals surface area contributed by atoms with Crippen molar-refractivity contribution in [3.63, 3.8) is 0 Å². The summed E-state index contributed by atoms with van der Waals surface area (Å²) in [6.07, 6.45) is 13.9. The molecule has 0 unspecified atom stereocenters. The Morgan fingerprint density at radius 2 is 2.46 bits per heavy atom. The van der Waals surface area contributed by atoms with Gasteiger partial charge in [0.1, 0.15) is 0 Å². The average molecular weight is 193 g/mol. The zero-order chi connectivity index (χ0) is 8.93. The van der Waals surface area contributed by atoms with Crippen molar-refractivity contribution < 1.29 is 0 Å². The summed E-state index contributed by atoms with van der Waals surface area (Å²) in [6, 6.07) is 0. The fourth-order valence-corrected chi connectivity index (χ4v) is 2.69. The van der Waals surface area contributed by atoms with Gasteiger partial charge in [-0.25, -0.2) is 0 Å². The van der Waals surface area contributed by atoms with Gasteiger partial charge in [-0.05, 0) is 37.0 Å². The molecule has 0 radical (unpaired) electrons. The predicted octanol–water partition coefficient (Wildman–Crippen LogP) is 3.39. The van der Waals surface area contributed by atoms with Gasteiger partial charge in [0, 0.05) is 17.7 Å². The summed E-state index contributed by atoms with van der Waals surface area (Å²) < 4.78 is 0. The lowest BCUT2D eigenvalue weighted by molar-refractivity contribution is 0.520. The van der Waals surface area contributed by atoms with Crippen LogP contribution in [0.15, 0.2) is 28.8 Å². The quantitative estimate of drug-likeness (QED) is 0.612. The van der Waals surface area contributed by atoms with Crippen LogP contribution in [0.5, 0.6) is 0 Å². The molecule has 0 bridgehead atoms. The van der Waals surface area contributed by atoms with Crippen molar-refractivity contribution in [3.05, 3.63) is 23.8 Å². The van der Waals surface area contributed by atoms with Crippen molar-refractivity contribution in [1.82, 2.24) is 0 Å². The summed E-state index contributed by atoms with van der Waals surface area (Å²) in [4.78, 5) is 4.17. The molecular formula is C11H15NS. The standard InChI is InChI=1S/C11H15NS/c1-2-4-10(5-3-1)8-11-9-12-6-7-13-11/h2,4,6-7,9-11H,1,3,5,8H2/t10-,11+/m0/s1. The Morgan fingerprint density at radius 1 is 1.46 bits per heavy atom. The first-order valence-corrected chi connectivity index (χ1v) is 5.90. The molecule has 0 aromatic rings. The topological polar surface area (TPSA) is 12.4 Å². The van der Waals surface area contributed by atoms with Crippen molar-refractivity contribution in [1.29, 1.82) is 0 Å². The van der Waals surface area contributed by atoms with Crippen LogP contribution in [0.3, 0.4) is 0 Å². The fraction of sp³-hybridized carbons (Fsp3) is 0.545. The molecule has 0 saturated heterocycles. The second kappa shape index (κ2) is 4.66. The minimum absolute atomic E-state index is 0.609. The largest absolute Gasteiger partial charge is 0.267 e. The molecule has 1 aliphatic heterocycles. The molecule has 2 aliphatic rings. The maximum atomic E-state index is 4.17. The van der Waals surface area contributed by atoms with Crippen LogP contribution in [0, 0.1) is 5.92 Å². The first kappa shape index (κ1) is 9.07. The van der Waals surface area contributed by atoms with E-state index in [-0.39, 0.29) is 0 Å². The van der Waals surface area contributed by atoms with Gasteiger partial charge in [0.25, 0.3) is 0 Å². The molecule has 1 aliphatic carbocycles. The number of hydrogen-bond donors (Lipinski definition) is 0. The third kappa shape index (κ3) is 2.73. The first-order valence-electron chi connectivity index (χ1n) is 4.95. The summed E-state index contributed by atoms with van der Waals surface area (Å²) in [5.74, 6) is 0.796. The van der Waals surface area contributed by atoms with Gasteiger partial charge in [0.15, 0.2) is 0 Å². The van der Waals surface area contributed by atoms with Crippen LogP contribution >= 0.6 is 11.8 Å². The third-order valence-electron chi connectivity index (χ3n) is 2.54. The Hall–Kier alpha value is -0.500. The number of rotatable bonds is 2. The molecule has 2 rings (SSSR count). The summed E-state index contributed by atoms with van der Waals surface area (Å²) in [7, 11) is 0. The predicted molar refractivity (Wildman–Crippen MR) is 60.1 cm³/mol. The Morgan fingerprint density at radius 3 is 3.15 bits per heavy atom. The highest BCUT2D eigenvalue weighted by Crippen LogP contribution is 2.27. The van der Waals surface area contributed by atoms with Gasteiger partial charge in [-0.3, -0.25) is 4.99 Å². The number of allylic oxidation sites excluding steroid dienone is 2. The number of thioether (sulfide) groups is 1. The van der Waals surface area contributed by atoms with Crippen LogP contribution in [-0.4, -0.2) is 11.5 Å². The van der Waals surface area contributed by atoms with Crippen LogP contribution in [-0.2, 0) is 0 Å². The molecule has 2 heteroatoms. The van der Waals surface area contributed by atoms with Gasteiger partial charge in [-0.2, -0.15) is 0 Å². The molecule has 13 heavy (non-hydrogen) atoms. The molecule has 0 fully saturated rings. The number of hydrogen-bond acceptors (Lipinski definition) is 2. The van der Waals surface area contributed by atoms with Crippen LogP contribution < -0.4 is 0 Å². The molecule has 0 spiro atoms. The van der Waals surface area contributed by atoms with Gasteiger partial charge in [0.05, 0.1) is 0 Å². The van der Waals surface area contributed by atoms with Crippen molar-refractivity contribution in [2.45, 2.75) is 30.9 Å². The average Bonchev–Trinajstić information content (AvgIpc) is 2.21. The van der Waals surface area contributed by atoms with Gasteiger partial charge in [-0.1, -0.05) is 12.2 Å². The van der Waals surface area contributed by atoms with Crippen LogP contribution in [0.4, 0.5) is 0 Å². The second-order valence-corrected chi connectivity index (χ2v) is 4.76. The van der Waals surface area contributed by atoms with Gasteiger partial charge in [0.2, 0.25) is 0 Å². The van der Waals surface area contributed by atoms with E-state index >= 15 is 0 Å². The molecule has 1 heterocycles. The third-order valence-corrected chi connectivity index (χ3v) is 3.48. The Bertz CT molecular complexity index is 242. The Kier molecular flexibility index (Phi) is 3.25. The van der Waals surface area contributed by atoms with Crippen molar-refractivity contribution >= 4 is 18.0 Å². The van der Waals surface area contributed by atoms with E-state index in [1.165, 1.54) is 25.7 Å². The summed E-state index contributed by atoms with van der Waals surface area (Å²) in [5, 5.41) is 2.70. The van der Waals surface area contributed by atoms with E-state index < -0.39 is 0 Å². The van der Waals surface area contributed by atoms with E-state index in [9.17, 15) is 0 Å². The number of aliphatic imine (C=N–C) groups is 1. The molecule has 0 amide bonds. The number of nitrogens with zero attached hydrogens (tertiary/aromatic N) is 1. The van der Waals surface area contributed by atoms with E-state index in [4.69, 9.17) is 0 Å². The lowest BCUT2D eigenvalue weighted by atomic mass is 9.92. The SMILES string of the molecule is C1=C[C@H](C[C@@H]2C=NC=CS2)CCC1. The minimum Gasteiger partial charge on any atom is -0.267 e. The Labute approximate surface area is 84.0 Å². The van der Waals surface area contributed by atoms with Gasteiger partial charge >= 0.3 is 0 Å². The van der Waals surface area contributed by atoms with E-state index in [2.05, 4.69) is 28.8 Å². The van der Waals surface area contributed by atoms with Crippen molar-refractivity contribution in [2.24, 2.45) is 10.9 Å². The normalized spacial score (nSPS) is 32.3. The van der Waals surface area contributed by atoms with E-state index in [0.717, 1.165) is 5.92 Å². The van der Waals surface area contributed by atoms with Gasteiger partial charge in [-0.15, -0.1) is 11.8 Å². The zero-order valence-corrected chi connectivity index (χ0v) is 8.54. The van der Waals surface area contributed by atoms with Gasteiger partial charge < -0.3 is 0 Å². The molecule has 2 atom stereocenters. The lowest BCUT2D eigenvalue weighted by Crippen LogP contribution is -2.12. The summed E-state index contributed by atoms with van der Waals surface area (Å²) >= 11 is 1.89. The molecule has 0 aromatic heterocycles. The molecule has 0 saturated carbocycles. The fourth-order valence-electron chi connectivity index (χ4n) is 1.85. The molecule has 70 valence electrons. The molecule has 0 N–H and O–H groups in total. The maximum absolute atomic E-state index is 4.17. The highest BCUT2D eigenvalue weighted by atomic mass is 32.2. The molecular weight excluding hydrogens is 178 g/mol. The molecule has 1 nitrogen and oxygen atoms in total. The van der Waals surface area contributed by atoms with Crippen LogP contribution in [0.25, 0.3) is 0 Å². The van der Waals surface area contributed by atoms with E-state index in [1.807, 2.05) is 18.0 Å². The second-order valence-electron chi connectivity index (χ2n) is 3.61. The van der Waals surface area contributed by atoms with Crippen LogP contribution in [0.2, 0.25) is 0 Å². The highest BCUT2D eigenvalue weighted by molar-refractivity contribution is 8.03. The van der Waals surface area contributed by atoms with E-state index in [0.29, 0.717) is 5.25 Å². The van der Waals surface area contributed by atoms with Crippen molar-refractivity contribution in [3.8, 4) is 0 Å². The van der Waals surface area contributed by atoms with Crippen molar-refractivity contribution in [2.75, 3.05) is 0 Å². The lowest BCUT2D eigenvalue weighted by Gasteiger charge is -2.20. The monoisotopic (exact) mass is 193 g/mol. The first-order chi connectivity index (χ1) is 6.45. The summed E-state index contributed by atoms with van der Waals surface area (Å²) in [5.41, 5.74) is 0. The molecule has 0 aromatic carbocycles. The summed E-state index contributed by atoms with van der Waals surface area (Å²) in [6.45, 7) is 0. The van der Waals surface area contributed by atoms with E-state index in [1.54, 1.807) is 0 Å². The Balaban J connectivity index is 1.83. The smallest absolute Gasteiger partial charge is 0.0448 e. The zero-order valence-electron chi connectivity index (χ0n) is 7.73.